The highest BCUT2D eigenvalue weighted by Crippen LogP contribution is 2.35. The molecule has 6 aromatic rings. The Bertz CT molecular complexity index is 1960. The van der Waals surface area contributed by atoms with Crippen LogP contribution in [0.15, 0.2) is 67.3 Å². The molecule has 1 amide bonds. The number of aromatic nitrogens is 6. The van der Waals surface area contributed by atoms with Crippen LogP contribution < -0.4 is 10.1 Å². The lowest BCUT2D eigenvalue weighted by atomic mass is 10.0. The van der Waals surface area contributed by atoms with Crippen molar-refractivity contribution in [3.05, 3.63) is 73.1 Å². The Morgan fingerprint density at radius 3 is 2.66 bits per heavy atom. The summed E-state index contributed by atoms with van der Waals surface area (Å²) in [5.74, 6) is 0.272. The number of ether oxygens (including phenoxy) is 1. The van der Waals surface area contributed by atoms with Crippen LogP contribution in [-0.2, 0) is 4.79 Å². The van der Waals surface area contributed by atoms with Gasteiger partial charge in [-0.2, -0.15) is 5.10 Å². The molecule has 0 aliphatic rings. The lowest BCUT2D eigenvalue weighted by Gasteiger charge is -2.12. The van der Waals surface area contributed by atoms with E-state index in [9.17, 15) is 9.18 Å². The Labute approximate surface area is 253 Å². The predicted molar refractivity (Wildman–Crippen MR) is 170 cm³/mol. The van der Waals surface area contributed by atoms with Gasteiger partial charge in [0.15, 0.2) is 0 Å². The van der Waals surface area contributed by atoms with Gasteiger partial charge in [-0.3, -0.25) is 19.9 Å². The van der Waals surface area contributed by atoms with Crippen molar-refractivity contribution in [3.8, 4) is 39.5 Å². The summed E-state index contributed by atoms with van der Waals surface area (Å²) >= 11 is 0. The van der Waals surface area contributed by atoms with E-state index in [2.05, 4.69) is 30.5 Å². The maximum atomic E-state index is 14.7. The maximum Gasteiger partial charge on any atom is 0.224 e. The van der Waals surface area contributed by atoms with E-state index in [1.807, 2.05) is 63.2 Å². The molecule has 0 unspecified atom stereocenters. The molecule has 1 aromatic carbocycles. The minimum absolute atomic E-state index is 0.0570. The van der Waals surface area contributed by atoms with Gasteiger partial charge < -0.3 is 19.9 Å². The number of likely N-dealkylation sites (N-methyl/N-ethyl adjacent to an activating group) is 1. The van der Waals surface area contributed by atoms with Crippen LogP contribution >= 0.6 is 0 Å². The first-order chi connectivity index (χ1) is 21.2. The zero-order valence-corrected chi connectivity index (χ0v) is 25.0. The van der Waals surface area contributed by atoms with Gasteiger partial charge in [0.05, 0.1) is 40.5 Å². The highest BCUT2D eigenvalue weighted by molar-refractivity contribution is 6.00. The third-order valence-electron chi connectivity index (χ3n) is 7.11. The monoisotopic (exact) mass is 592 g/mol. The normalized spacial score (nSPS) is 11.6. The van der Waals surface area contributed by atoms with Crippen LogP contribution in [0.3, 0.4) is 0 Å². The first kappa shape index (κ1) is 28.9. The molecule has 5 aromatic heterocycles. The highest BCUT2D eigenvalue weighted by Gasteiger charge is 2.17. The lowest BCUT2D eigenvalue weighted by molar-refractivity contribution is -0.116. The summed E-state index contributed by atoms with van der Waals surface area (Å²) in [6.07, 6.45) is 7.22. The van der Waals surface area contributed by atoms with Gasteiger partial charge in [0, 0.05) is 47.9 Å². The fourth-order valence-electron chi connectivity index (χ4n) is 5.04. The number of carbonyl (C=O) groups excluding carboxylic acids is 1. The SMILES string of the molecule is CC(C)CC(=O)Nc1cncc(-c2ccc3[nH]nc(-c4cc5c(-c6cc(F)cc(OCCN(C)C)c6)cncc5[nH]4)c3n2)c1. The molecule has 0 aliphatic carbocycles. The second-order valence-corrected chi connectivity index (χ2v) is 11.4. The zero-order chi connectivity index (χ0) is 30.8. The van der Waals surface area contributed by atoms with Gasteiger partial charge in [-0.05, 0) is 62.0 Å². The average Bonchev–Trinajstić information content (AvgIpc) is 3.60. The summed E-state index contributed by atoms with van der Waals surface area (Å²) in [5, 5.41) is 11.4. The first-order valence-electron chi connectivity index (χ1n) is 14.4. The van der Waals surface area contributed by atoms with E-state index in [1.54, 1.807) is 24.8 Å². The Kier molecular flexibility index (Phi) is 8.03. The summed E-state index contributed by atoms with van der Waals surface area (Å²) in [4.78, 5) is 31.3. The Morgan fingerprint density at radius 1 is 1.00 bits per heavy atom. The van der Waals surface area contributed by atoms with Crippen LogP contribution in [0.2, 0.25) is 0 Å². The number of carbonyl (C=O) groups is 1. The third-order valence-corrected chi connectivity index (χ3v) is 7.11. The third kappa shape index (κ3) is 6.28. The molecule has 0 fully saturated rings. The van der Waals surface area contributed by atoms with Crippen LogP contribution in [0.1, 0.15) is 20.3 Å². The molecule has 224 valence electrons. The second-order valence-electron chi connectivity index (χ2n) is 11.4. The number of aromatic amines is 2. The van der Waals surface area contributed by atoms with E-state index in [4.69, 9.17) is 9.72 Å². The van der Waals surface area contributed by atoms with Crippen LogP contribution in [0.4, 0.5) is 10.1 Å². The van der Waals surface area contributed by atoms with Crippen LogP contribution in [0.25, 0.3) is 55.7 Å². The zero-order valence-electron chi connectivity index (χ0n) is 25.0. The minimum atomic E-state index is -0.386. The molecule has 6 rings (SSSR count). The molecule has 0 saturated carbocycles. The summed E-state index contributed by atoms with van der Waals surface area (Å²) in [7, 11) is 3.92. The fraction of sp³-hybridized carbons (Fsp3) is 0.242. The van der Waals surface area contributed by atoms with Crippen molar-refractivity contribution in [2.75, 3.05) is 32.6 Å². The number of pyridine rings is 3. The largest absolute Gasteiger partial charge is 0.492 e. The van der Waals surface area contributed by atoms with E-state index in [-0.39, 0.29) is 17.6 Å². The number of fused-ring (bicyclic) bond motifs is 2. The van der Waals surface area contributed by atoms with Gasteiger partial charge in [0.25, 0.3) is 0 Å². The molecular weight excluding hydrogens is 559 g/mol. The molecule has 44 heavy (non-hydrogen) atoms. The highest BCUT2D eigenvalue weighted by atomic mass is 19.1. The number of benzene rings is 1. The number of hydrogen-bond acceptors (Lipinski definition) is 7. The van der Waals surface area contributed by atoms with E-state index >= 15 is 0 Å². The van der Waals surface area contributed by atoms with Gasteiger partial charge >= 0.3 is 0 Å². The maximum absolute atomic E-state index is 14.7. The molecule has 0 radical (unpaired) electrons. The lowest BCUT2D eigenvalue weighted by Crippen LogP contribution is -2.19. The van der Waals surface area contributed by atoms with E-state index in [0.717, 1.165) is 33.2 Å². The molecular formula is C33H33FN8O2. The number of halogens is 1. The first-order valence-corrected chi connectivity index (χ1v) is 14.4. The van der Waals surface area contributed by atoms with Gasteiger partial charge in [-0.25, -0.2) is 9.37 Å². The van der Waals surface area contributed by atoms with Gasteiger partial charge in [-0.15, -0.1) is 0 Å². The van der Waals surface area contributed by atoms with Crippen molar-refractivity contribution in [2.24, 2.45) is 5.92 Å². The Morgan fingerprint density at radius 2 is 1.84 bits per heavy atom. The number of nitrogens with zero attached hydrogens (tertiary/aromatic N) is 5. The van der Waals surface area contributed by atoms with Crippen molar-refractivity contribution in [1.82, 2.24) is 35.0 Å². The topological polar surface area (TPSA) is 125 Å². The van der Waals surface area contributed by atoms with E-state index in [1.165, 1.54) is 12.1 Å². The number of hydrogen-bond donors (Lipinski definition) is 3. The van der Waals surface area contributed by atoms with Gasteiger partial charge in [-0.1, -0.05) is 13.8 Å². The summed E-state index contributed by atoms with van der Waals surface area (Å²) < 4.78 is 20.5. The number of amides is 1. The standard InChI is InChI=1S/C33H33FN8O2/c1-19(2)9-31(43)37-23-11-21(15-35-16-23)27-5-6-28-32(39-27)33(41-40-28)29-14-25-26(17-36-18-30(25)38-29)20-10-22(34)13-24(12-20)44-8-7-42(3)4/h5-6,10-19,38H,7-9H2,1-4H3,(H,37,43)(H,40,41). The smallest absolute Gasteiger partial charge is 0.224 e. The number of rotatable bonds is 10. The molecule has 11 heteroatoms. The quantitative estimate of drug-likeness (QED) is 0.171. The van der Waals surface area contributed by atoms with Crippen molar-refractivity contribution in [1.29, 1.82) is 0 Å². The van der Waals surface area contributed by atoms with Crippen molar-refractivity contribution in [3.63, 3.8) is 0 Å². The summed E-state index contributed by atoms with van der Waals surface area (Å²) in [6, 6.07) is 12.3. The molecule has 3 N–H and O–H groups in total. The Hall–Kier alpha value is -5.16. The van der Waals surface area contributed by atoms with E-state index in [0.29, 0.717) is 53.5 Å². The molecule has 10 nitrogen and oxygen atoms in total. The summed E-state index contributed by atoms with van der Waals surface area (Å²) in [5.41, 5.74) is 7.06. The molecule has 0 saturated heterocycles. The van der Waals surface area contributed by atoms with Gasteiger partial charge in [0.1, 0.15) is 29.4 Å². The summed E-state index contributed by atoms with van der Waals surface area (Å²) in [6.45, 7) is 5.16. The Balaban J connectivity index is 1.33. The second kappa shape index (κ2) is 12.2. The van der Waals surface area contributed by atoms with Crippen molar-refractivity contribution < 1.29 is 13.9 Å². The molecule has 0 bridgehead atoms. The van der Waals surface area contributed by atoms with E-state index < -0.39 is 0 Å². The fourth-order valence-corrected chi connectivity index (χ4v) is 5.04. The number of anilines is 1. The molecule has 0 spiro atoms. The predicted octanol–water partition coefficient (Wildman–Crippen LogP) is 6.29. The molecule has 0 aliphatic heterocycles. The molecule has 0 atom stereocenters. The van der Waals surface area contributed by atoms with Crippen molar-refractivity contribution >= 4 is 33.5 Å². The van der Waals surface area contributed by atoms with Crippen LogP contribution in [0, 0.1) is 11.7 Å². The van der Waals surface area contributed by atoms with Crippen LogP contribution in [0.5, 0.6) is 5.75 Å². The average molecular weight is 593 g/mol. The number of H-pyrrole nitrogens is 2. The van der Waals surface area contributed by atoms with Crippen molar-refractivity contribution in [2.45, 2.75) is 20.3 Å². The number of nitrogens with one attached hydrogen (secondary N) is 3. The van der Waals surface area contributed by atoms with Gasteiger partial charge in [0.2, 0.25) is 5.91 Å². The minimum Gasteiger partial charge on any atom is -0.492 e. The van der Waals surface area contributed by atoms with Crippen LogP contribution in [-0.4, -0.2) is 68.2 Å². The molecule has 5 heterocycles.